The third kappa shape index (κ3) is 5.77. The lowest BCUT2D eigenvalue weighted by molar-refractivity contribution is 0.0478. The predicted molar refractivity (Wildman–Crippen MR) is 126 cm³/mol. The standard InChI is InChI=1S/C24H28N2O5S/c1-5-29-21-10-8-17(14-22(21)30-6-2)23-25-19(15-32-23)16-7-9-20(27)18(13-16)24(28)31-12-11-26(3)4/h7-10,13-15,27H,5-6,11-12H2,1-4H3. The number of carbonyl (C=O) groups is 1. The van der Waals surface area contributed by atoms with E-state index in [1.807, 2.05) is 56.4 Å². The van der Waals surface area contributed by atoms with Gasteiger partial charge in [-0.1, -0.05) is 0 Å². The van der Waals surface area contributed by atoms with Crippen LogP contribution in [0, 0.1) is 0 Å². The van der Waals surface area contributed by atoms with Gasteiger partial charge < -0.3 is 24.2 Å². The van der Waals surface area contributed by atoms with Crippen molar-refractivity contribution in [3.05, 3.63) is 47.3 Å². The summed E-state index contributed by atoms with van der Waals surface area (Å²) in [6.45, 7) is 5.80. The average Bonchev–Trinajstić information content (AvgIpc) is 3.25. The van der Waals surface area contributed by atoms with Gasteiger partial charge in [-0.25, -0.2) is 9.78 Å². The summed E-state index contributed by atoms with van der Waals surface area (Å²) in [5.74, 6) is 0.697. The first kappa shape index (κ1) is 23.6. The summed E-state index contributed by atoms with van der Waals surface area (Å²) in [7, 11) is 3.79. The van der Waals surface area contributed by atoms with Crippen LogP contribution in [0.15, 0.2) is 41.8 Å². The SMILES string of the molecule is CCOc1ccc(-c2nc(-c3ccc(O)c(C(=O)OCCN(C)C)c3)cs2)cc1OCC. The normalized spacial score (nSPS) is 10.9. The number of carbonyl (C=O) groups excluding carboxylic acids is 1. The van der Waals surface area contributed by atoms with Gasteiger partial charge in [0.05, 0.1) is 18.9 Å². The summed E-state index contributed by atoms with van der Waals surface area (Å²) >= 11 is 1.49. The van der Waals surface area contributed by atoms with Gasteiger partial charge in [0.25, 0.3) is 0 Å². The van der Waals surface area contributed by atoms with E-state index in [4.69, 9.17) is 19.2 Å². The van der Waals surface area contributed by atoms with Gasteiger partial charge in [0.15, 0.2) is 11.5 Å². The summed E-state index contributed by atoms with van der Waals surface area (Å²) < 4.78 is 16.6. The molecule has 1 N–H and O–H groups in total. The fourth-order valence-electron chi connectivity index (χ4n) is 2.98. The van der Waals surface area contributed by atoms with Crippen LogP contribution >= 0.6 is 11.3 Å². The van der Waals surface area contributed by atoms with Crippen molar-refractivity contribution in [3.63, 3.8) is 0 Å². The van der Waals surface area contributed by atoms with Crippen LogP contribution in [0.25, 0.3) is 21.8 Å². The molecule has 2 aromatic carbocycles. The Balaban J connectivity index is 1.84. The molecule has 0 aliphatic carbocycles. The van der Waals surface area contributed by atoms with E-state index >= 15 is 0 Å². The molecule has 3 rings (SSSR count). The smallest absolute Gasteiger partial charge is 0.341 e. The molecule has 0 spiro atoms. The summed E-state index contributed by atoms with van der Waals surface area (Å²) in [5.41, 5.74) is 2.46. The lowest BCUT2D eigenvalue weighted by atomic mass is 10.1. The molecule has 1 aromatic heterocycles. The first-order chi connectivity index (χ1) is 15.4. The molecule has 0 aliphatic rings. The molecule has 0 radical (unpaired) electrons. The Morgan fingerprint density at radius 3 is 2.47 bits per heavy atom. The molecule has 0 bridgehead atoms. The minimum Gasteiger partial charge on any atom is -0.507 e. The van der Waals surface area contributed by atoms with Crippen molar-refractivity contribution in [3.8, 4) is 39.1 Å². The summed E-state index contributed by atoms with van der Waals surface area (Å²) in [5, 5.41) is 12.9. The van der Waals surface area contributed by atoms with Crippen LogP contribution in [0.3, 0.4) is 0 Å². The Bertz CT molecular complexity index is 1060. The third-order valence-corrected chi connectivity index (χ3v) is 5.47. The van der Waals surface area contributed by atoms with Gasteiger partial charge >= 0.3 is 5.97 Å². The second kappa shape index (κ2) is 11.0. The zero-order chi connectivity index (χ0) is 23.1. The zero-order valence-electron chi connectivity index (χ0n) is 18.8. The number of hydrogen-bond acceptors (Lipinski definition) is 8. The molecule has 0 atom stereocenters. The minimum atomic E-state index is -0.561. The number of aromatic hydroxyl groups is 1. The maximum absolute atomic E-state index is 12.4. The second-order valence-corrected chi connectivity index (χ2v) is 8.09. The van der Waals surface area contributed by atoms with E-state index < -0.39 is 5.97 Å². The van der Waals surface area contributed by atoms with Crippen molar-refractivity contribution < 1.29 is 24.1 Å². The van der Waals surface area contributed by atoms with Crippen LogP contribution in [0.2, 0.25) is 0 Å². The fraction of sp³-hybridized carbons (Fsp3) is 0.333. The van der Waals surface area contributed by atoms with Crippen molar-refractivity contribution >= 4 is 17.3 Å². The van der Waals surface area contributed by atoms with Crippen LogP contribution in [0.1, 0.15) is 24.2 Å². The van der Waals surface area contributed by atoms with Gasteiger partial charge in [0.1, 0.15) is 22.9 Å². The average molecular weight is 457 g/mol. The first-order valence-electron chi connectivity index (χ1n) is 10.4. The lowest BCUT2D eigenvalue weighted by Crippen LogP contribution is -2.20. The highest BCUT2D eigenvalue weighted by atomic mass is 32.1. The van der Waals surface area contributed by atoms with Crippen molar-refractivity contribution in [2.45, 2.75) is 13.8 Å². The van der Waals surface area contributed by atoms with E-state index in [0.717, 1.165) is 16.1 Å². The number of aromatic nitrogens is 1. The Kier molecular flexibility index (Phi) is 8.08. The number of thiazole rings is 1. The number of rotatable bonds is 10. The van der Waals surface area contributed by atoms with Crippen LogP contribution < -0.4 is 9.47 Å². The second-order valence-electron chi connectivity index (χ2n) is 7.24. The van der Waals surface area contributed by atoms with E-state index in [2.05, 4.69) is 0 Å². The Morgan fingerprint density at radius 1 is 1.03 bits per heavy atom. The van der Waals surface area contributed by atoms with Gasteiger partial charge in [0.2, 0.25) is 0 Å². The quantitative estimate of drug-likeness (QED) is 0.443. The third-order valence-electron chi connectivity index (χ3n) is 4.58. The topological polar surface area (TPSA) is 81.1 Å². The number of phenolic OH excluding ortho intramolecular Hbond substituents is 1. The van der Waals surface area contributed by atoms with Gasteiger partial charge in [-0.05, 0) is 64.3 Å². The molecule has 0 saturated carbocycles. The van der Waals surface area contributed by atoms with Crippen LogP contribution in [-0.4, -0.2) is 61.4 Å². The van der Waals surface area contributed by atoms with Gasteiger partial charge in [-0.2, -0.15) is 0 Å². The summed E-state index contributed by atoms with van der Waals surface area (Å²) in [6.07, 6.45) is 0. The predicted octanol–water partition coefficient (Wildman–Crippen LogP) is 4.70. The van der Waals surface area contributed by atoms with Gasteiger partial charge in [0, 0.05) is 23.1 Å². The van der Waals surface area contributed by atoms with Crippen molar-refractivity contribution in [1.29, 1.82) is 0 Å². The van der Waals surface area contributed by atoms with E-state index in [0.29, 0.717) is 37.0 Å². The number of likely N-dealkylation sites (N-methyl/N-ethyl adjacent to an activating group) is 1. The number of benzene rings is 2. The molecule has 0 saturated heterocycles. The number of esters is 1. The largest absolute Gasteiger partial charge is 0.507 e. The minimum absolute atomic E-state index is 0.119. The molecule has 0 fully saturated rings. The lowest BCUT2D eigenvalue weighted by Gasteiger charge is -2.11. The maximum Gasteiger partial charge on any atom is 0.341 e. The highest BCUT2D eigenvalue weighted by molar-refractivity contribution is 7.13. The first-order valence-corrected chi connectivity index (χ1v) is 11.3. The molecule has 8 heteroatoms. The molecular weight excluding hydrogens is 428 g/mol. The zero-order valence-corrected chi connectivity index (χ0v) is 19.6. The monoisotopic (exact) mass is 456 g/mol. The molecule has 7 nitrogen and oxygen atoms in total. The molecule has 3 aromatic rings. The molecule has 0 aliphatic heterocycles. The number of ether oxygens (including phenoxy) is 3. The van der Waals surface area contributed by atoms with Gasteiger partial charge in [-0.15, -0.1) is 11.3 Å². The Hall–Kier alpha value is -3.10. The summed E-state index contributed by atoms with van der Waals surface area (Å²) in [6, 6.07) is 10.6. The summed E-state index contributed by atoms with van der Waals surface area (Å²) in [4.78, 5) is 19.0. The molecule has 1 heterocycles. The molecule has 170 valence electrons. The van der Waals surface area contributed by atoms with Crippen molar-refractivity contribution in [2.24, 2.45) is 0 Å². The van der Waals surface area contributed by atoms with Gasteiger partial charge in [-0.3, -0.25) is 0 Å². The van der Waals surface area contributed by atoms with E-state index in [9.17, 15) is 9.90 Å². The van der Waals surface area contributed by atoms with Crippen molar-refractivity contribution in [2.75, 3.05) is 40.5 Å². The van der Waals surface area contributed by atoms with Crippen LogP contribution in [0.5, 0.6) is 17.2 Å². The van der Waals surface area contributed by atoms with E-state index in [1.54, 1.807) is 12.1 Å². The number of phenols is 1. The Labute approximate surface area is 192 Å². The highest BCUT2D eigenvalue weighted by Crippen LogP contribution is 2.36. The van der Waals surface area contributed by atoms with Crippen LogP contribution in [0.4, 0.5) is 0 Å². The molecule has 0 amide bonds. The number of hydrogen-bond donors (Lipinski definition) is 1. The van der Waals surface area contributed by atoms with Crippen LogP contribution in [-0.2, 0) is 4.74 Å². The van der Waals surface area contributed by atoms with E-state index in [1.165, 1.54) is 17.4 Å². The van der Waals surface area contributed by atoms with E-state index in [-0.39, 0.29) is 17.9 Å². The Morgan fingerprint density at radius 2 is 1.75 bits per heavy atom. The molecule has 0 unspecified atom stereocenters. The fourth-order valence-corrected chi connectivity index (χ4v) is 3.81. The highest BCUT2D eigenvalue weighted by Gasteiger charge is 2.16. The van der Waals surface area contributed by atoms with Crippen molar-refractivity contribution in [1.82, 2.24) is 9.88 Å². The number of nitrogens with zero attached hydrogens (tertiary/aromatic N) is 2. The maximum atomic E-state index is 12.4. The molecule has 32 heavy (non-hydrogen) atoms. The molecular formula is C24H28N2O5S.